The van der Waals surface area contributed by atoms with Gasteiger partial charge >= 0.3 is 0 Å². The van der Waals surface area contributed by atoms with Crippen LogP contribution in [0.3, 0.4) is 0 Å². The van der Waals surface area contributed by atoms with Crippen molar-refractivity contribution in [3.8, 4) is 0 Å². The van der Waals surface area contributed by atoms with E-state index < -0.39 is 0 Å². The summed E-state index contributed by atoms with van der Waals surface area (Å²) in [6.45, 7) is 1.69. The molecule has 0 bridgehead atoms. The second kappa shape index (κ2) is 4.52. The molecule has 4 atom stereocenters. The van der Waals surface area contributed by atoms with E-state index in [1.165, 1.54) is 0 Å². The highest BCUT2D eigenvalue weighted by molar-refractivity contribution is 4.79. The Hall–Kier alpha value is -0.240. The Balaban J connectivity index is 1.88. The van der Waals surface area contributed by atoms with Crippen LogP contribution in [0.1, 0.15) is 0 Å². The fraction of sp³-hybridized carbons (Fsp3) is 1.00. The molecule has 0 amide bonds. The van der Waals surface area contributed by atoms with Gasteiger partial charge in [0, 0.05) is 13.1 Å². The van der Waals surface area contributed by atoms with E-state index in [0.717, 1.165) is 0 Å². The van der Waals surface area contributed by atoms with Crippen LogP contribution in [0.4, 0.5) is 0 Å². The van der Waals surface area contributed by atoms with Gasteiger partial charge in [-0.05, 0) is 0 Å². The van der Waals surface area contributed by atoms with Gasteiger partial charge in [-0.25, -0.2) is 0 Å². The molecule has 4 N–H and O–H groups in total. The summed E-state index contributed by atoms with van der Waals surface area (Å²) in [6.07, 6.45) is -0.837. The molecule has 0 spiro atoms. The number of rotatable bonds is 2. The molecule has 0 aromatic carbocycles. The van der Waals surface area contributed by atoms with Crippen molar-refractivity contribution >= 4 is 0 Å². The van der Waals surface area contributed by atoms with Gasteiger partial charge in [-0.1, -0.05) is 0 Å². The van der Waals surface area contributed by atoms with Gasteiger partial charge in [0.15, 0.2) is 12.6 Å². The van der Waals surface area contributed by atoms with E-state index in [2.05, 4.69) is 0 Å². The van der Waals surface area contributed by atoms with Gasteiger partial charge in [0.25, 0.3) is 0 Å². The minimum atomic E-state index is -0.335. The minimum absolute atomic E-state index is 0.0832. The number of hydrogen-bond donors (Lipinski definition) is 2. The van der Waals surface area contributed by atoms with E-state index in [0.29, 0.717) is 26.3 Å². The van der Waals surface area contributed by atoms with Gasteiger partial charge in [0.1, 0.15) is 12.2 Å². The Kier molecular flexibility index (Phi) is 3.32. The van der Waals surface area contributed by atoms with Gasteiger partial charge in [-0.15, -0.1) is 0 Å². The smallest absolute Gasteiger partial charge is 0.170 e. The van der Waals surface area contributed by atoms with E-state index >= 15 is 0 Å². The molecule has 14 heavy (non-hydrogen) atoms. The average Bonchev–Trinajstić information content (AvgIpc) is 2.27. The molecule has 4 unspecified atom stereocenters. The molecular weight excluding hydrogens is 188 g/mol. The molecule has 2 heterocycles. The maximum absolute atomic E-state index is 5.49. The third-order valence-electron chi connectivity index (χ3n) is 2.35. The highest BCUT2D eigenvalue weighted by atomic mass is 16.8. The molecule has 0 aliphatic carbocycles. The summed E-state index contributed by atoms with van der Waals surface area (Å²) in [4.78, 5) is 0. The molecule has 2 aliphatic heterocycles. The second-order valence-corrected chi connectivity index (χ2v) is 3.35. The molecule has 2 saturated heterocycles. The normalized spacial score (nSPS) is 43.3. The van der Waals surface area contributed by atoms with Crippen LogP contribution in [0, 0.1) is 0 Å². The molecule has 0 saturated carbocycles. The molecule has 2 rings (SSSR count). The van der Waals surface area contributed by atoms with Crippen LogP contribution in [0.5, 0.6) is 0 Å². The van der Waals surface area contributed by atoms with Crippen LogP contribution >= 0.6 is 0 Å². The molecular formula is C8H16N2O4. The lowest BCUT2D eigenvalue weighted by Crippen LogP contribution is -2.55. The fourth-order valence-corrected chi connectivity index (χ4v) is 1.59. The van der Waals surface area contributed by atoms with Crippen molar-refractivity contribution in [2.75, 3.05) is 26.3 Å². The van der Waals surface area contributed by atoms with E-state index in [9.17, 15) is 0 Å². The Morgan fingerprint density at radius 3 is 1.64 bits per heavy atom. The first-order chi connectivity index (χ1) is 6.83. The summed E-state index contributed by atoms with van der Waals surface area (Å²) in [7, 11) is 0. The Morgan fingerprint density at radius 2 is 1.29 bits per heavy atom. The lowest BCUT2D eigenvalue weighted by molar-refractivity contribution is -0.331. The summed E-state index contributed by atoms with van der Waals surface area (Å²) < 4.78 is 21.6. The van der Waals surface area contributed by atoms with Gasteiger partial charge in [-0.3, -0.25) is 0 Å². The number of ether oxygens (including phenoxy) is 4. The Labute approximate surface area is 82.4 Å². The number of hydrogen-bond acceptors (Lipinski definition) is 6. The Morgan fingerprint density at radius 1 is 0.857 bits per heavy atom. The first kappa shape index (κ1) is 10.3. The van der Waals surface area contributed by atoms with Crippen molar-refractivity contribution < 1.29 is 18.9 Å². The fourth-order valence-electron chi connectivity index (χ4n) is 1.59. The second-order valence-electron chi connectivity index (χ2n) is 3.35. The lowest BCUT2D eigenvalue weighted by Gasteiger charge is -2.41. The molecule has 0 aromatic rings. The van der Waals surface area contributed by atoms with Crippen molar-refractivity contribution in [1.29, 1.82) is 0 Å². The van der Waals surface area contributed by atoms with Crippen molar-refractivity contribution in [3.05, 3.63) is 0 Å². The van der Waals surface area contributed by atoms with Crippen LogP contribution in [0.2, 0.25) is 0 Å². The molecule has 2 aliphatic rings. The zero-order valence-electron chi connectivity index (χ0n) is 7.93. The van der Waals surface area contributed by atoms with E-state index in [1.807, 2.05) is 0 Å². The molecule has 0 radical (unpaired) electrons. The monoisotopic (exact) mass is 204 g/mol. The van der Waals surface area contributed by atoms with Gasteiger partial charge in [0.2, 0.25) is 0 Å². The summed E-state index contributed by atoms with van der Waals surface area (Å²) in [5.41, 5.74) is 10.9. The topological polar surface area (TPSA) is 89.0 Å². The summed E-state index contributed by atoms with van der Waals surface area (Å²) >= 11 is 0. The standard InChI is InChI=1S/C8H16N2O4/c9-1-7-11-3-6-5(13-7)4-12-8(2-10)14-6/h5-8H,1-4,9-10H2. The zero-order chi connectivity index (χ0) is 9.97. The zero-order valence-corrected chi connectivity index (χ0v) is 7.93. The quantitative estimate of drug-likeness (QED) is 0.562. The van der Waals surface area contributed by atoms with Crippen LogP contribution in [-0.4, -0.2) is 51.1 Å². The molecule has 6 nitrogen and oxygen atoms in total. The number of nitrogens with two attached hydrogens (primary N) is 2. The van der Waals surface area contributed by atoms with E-state index in [1.54, 1.807) is 0 Å². The van der Waals surface area contributed by atoms with Gasteiger partial charge in [0.05, 0.1) is 13.2 Å². The molecule has 0 aromatic heterocycles. The number of fused-ring (bicyclic) bond motifs is 1. The maximum Gasteiger partial charge on any atom is 0.170 e. The van der Waals surface area contributed by atoms with Crippen molar-refractivity contribution in [1.82, 2.24) is 0 Å². The average molecular weight is 204 g/mol. The molecule has 6 heteroatoms. The first-order valence-electron chi connectivity index (χ1n) is 4.77. The summed E-state index contributed by atoms with van der Waals surface area (Å²) in [5.74, 6) is 0. The van der Waals surface area contributed by atoms with Gasteiger partial charge in [-0.2, -0.15) is 0 Å². The van der Waals surface area contributed by atoms with Crippen LogP contribution in [0.25, 0.3) is 0 Å². The third kappa shape index (κ3) is 2.05. The third-order valence-corrected chi connectivity index (χ3v) is 2.35. The molecule has 82 valence electrons. The minimum Gasteiger partial charge on any atom is -0.348 e. The summed E-state index contributed by atoms with van der Waals surface area (Å²) in [5, 5.41) is 0. The van der Waals surface area contributed by atoms with Crippen molar-refractivity contribution in [2.45, 2.75) is 24.8 Å². The van der Waals surface area contributed by atoms with Gasteiger partial charge < -0.3 is 30.4 Å². The van der Waals surface area contributed by atoms with Crippen LogP contribution < -0.4 is 11.5 Å². The van der Waals surface area contributed by atoms with E-state index in [-0.39, 0.29) is 24.8 Å². The SMILES string of the molecule is NCC1OCC2OC(CN)OCC2O1. The van der Waals surface area contributed by atoms with Crippen LogP contribution in [0.15, 0.2) is 0 Å². The predicted octanol–water partition coefficient (Wildman–Crippen LogP) is -1.61. The van der Waals surface area contributed by atoms with Crippen molar-refractivity contribution in [3.63, 3.8) is 0 Å². The molecule has 2 fully saturated rings. The highest BCUT2D eigenvalue weighted by Gasteiger charge is 2.37. The van der Waals surface area contributed by atoms with Crippen LogP contribution in [-0.2, 0) is 18.9 Å². The predicted molar refractivity (Wildman–Crippen MR) is 47.3 cm³/mol. The first-order valence-corrected chi connectivity index (χ1v) is 4.77. The maximum atomic E-state index is 5.49. The highest BCUT2D eigenvalue weighted by Crippen LogP contribution is 2.21. The Bertz CT molecular complexity index is 172. The largest absolute Gasteiger partial charge is 0.348 e. The lowest BCUT2D eigenvalue weighted by atomic mass is 10.2. The van der Waals surface area contributed by atoms with Crippen molar-refractivity contribution in [2.24, 2.45) is 11.5 Å². The summed E-state index contributed by atoms with van der Waals surface area (Å²) in [6, 6.07) is 0. The van der Waals surface area contributed by atoms with E-state index in [4.69, 9.17) is 30.4 Å².